The zero-order valence-electron chi connectivity index (χ0n) is 20.0. The van der Waals surface area contributed by atoms with Crippen molar-refractivity contribution in [3.05, 3.63) is 0 Å². The van der Waals surface area contributed by atoms with Gasteiger partial charge in [-0.25, -0.2) is 9.78 Å². The van der Waals surface area contributed by atoms with E-state index in [1.165, 1.54) is 96.4 Å². The van der Waals surface area contributed by atoms with Crippen molar-refractivity contribution in [2.45, 2.75) is 129 Å². The predicted molar refractivity (Wildman–Crippen MR) is 124 cm³/mol. The van der Waals surface area contributed by atoms with E-state index in [0.717, 1.165) is 32.2 Å². The molecule has 1 saturated heterocycles. The lowest BCUT2D eigenvalue weighted by molar-refractivity contribution is -0.299. The van der Waals surface area contributed by atoms with Crippen LogP contribution >= 0.6 is 0 Å². The van der Waals surface area contributed by atoms with Crippen LogP contribution in [0.3, 0.4) is 0 Å². The van der Waals surface area contributed by atoms with Gasteiger partial charge in [-0.15, -0.1) is 0 Å². The second-order valence-electron chi connectivity index (χ2n) is 8.58. The van der Waals surface area contributed by atoms with Crippen LogP contribution in [0.2, 0.25) is 0 Å². The topological polar surface area (TPSA) is 38.8 Å². The maximum atomic E-state index is 10.1. The summed E-state index contributed by atoms with van der Waals surface area (Å²) in [5.74, 6) is 0. The van der Waals surface area contributed by atoms with E-state index >= 15 is 0 Å². The molecule has 1 heterocycles. The lowest BCUT2D eigenvalue weighted by Gasteiger charge is -2.18. The summed E-state index contributed by atoms with van der Waals surface area (Å²) in [6.45, 7) is 6.97. The molecule has 1 aliphatic rings. The Kier molecular flexibility index (Phi) is 23.5. The fourth-order valence-corrected chi connectivity index (χ4v) is 3.70. The van der Waals surface area contributed by atoms with Crippen LogP contribution in [-0.4, -0.2) is 44.0 Å². The van der Waals surface area contributed by atoms with Crippen molar-refractivity contribution in [1.82, 2.24) is 4.90 Å². The number of rotatable bonds is 19. The molecule has 0 spiro atoms. The van der Waals surface area contributed by atoms with Crippen molar-refractivity contribution in [2.24, 2.45) is 0 Å². The van der Waals surface area contributed by atoms with Crippen LogP contribution < -0.4 is 0 Å². The van der Waals surface area contributed by atoms with Crippen molar-refractivity contribution < 1.29 is 14.6 Å². The Balaban J connectivity index is 0.000000571. The summed E-state index contributed by atoms with van der Waals surface area (Å²) in [6, 6.07) is 0.571. The highest BCUT2D eigenvalue weighted by Gasteiger charge is 2.20. The highest BCUT2D eigenvalue weighted by atomic mass is 17.2. The van der Waals surface area contributed by atoms with Gasteiger partial charge >= 0.3 is 0 Å². The summed E-state index contributed by atoms with van der Waals surface area (Å²) in [5.41, 5.74) is 0. The van der Waals surface area contributed by atoms with Gasteiger partial charge in [0.05, 0.1) is 13.2 Å². The van der Waals surface area contributed by atoms with Crippen molar-refractivity contribution in [3.63, 3.8) is 0 Å². The van der Waals surface area contributed by atoms with E-state index in [-0.39, 0.29) is 0 Å². The molecule has 1 fully saturated rings. The molecular formula is C25H51NO3. The summed E-state index contributed by atoms with van der Waals surface area (Å²) < 4.78 is 0. The third kappa shape index (κ3) is 20.6. The molecule has 0 aromatic rings. The van der Waals surface area contributed by atoms with Gasteiger partial charge < -0.3 is 9.69 Å². The van der Waals surface area contributed by atoms with E-state index in [2.05, 4.69) is 25.8 Å². The van der Waals surface area contributed by atoms with Crippen molar-refractivity contribution in [2.75, 3.05) is 26.8 Å². The largest absolute Gasteiger partial charge is 0.303 e. The molecule has 0 unspecified atom stereocenters. The molecule has 0 aromatic carbocycles. The molecule has 0 aromatic heterocycles. The van der Waals surface area contributed by atoms with E-state index in [9.17, 15) is 4.79 Å². The molecule has 0 radical (unpaired) electrons. The van der Waals surface area contributed by atoms with Crippen LogP contribution in [0.4, 0.5) is 0 Å². The minimum atomic E-state index is 0.571. The first-order valence-corrected chi connectivity index (χ1v) is 12.6. The van der Waals surface area contributed by atoms with Crippen molar-refractivity contribution in [3.8, 4) is 0 Å². The van der Waals surface area contributed by atoms with Crippen LogP contribution in [0.25, 0.3) is 0 Å². The minimum absolute atomic E-state index is 0.571. The molecule has 1 aliphatic heterocycles. The molecule has 1 rings (SSSR count). The quantitative estimate of drug-likeness (QED) is 0.0979. The number of carbonyl (C=O) groups is 1. The number of hydrogen-bond acceptors (Lipinski definition) is 4. The van der Waals surface area contributed by atoms with Gasteiger partial charge in [0.1, 0.15) is 6.29 Å². The molecule has 4 nitrogen and oxygen atoms in total. The molecule has 4 heteroatoms. The Bertz CT molecular complexity index is 325. The number of carbonyl (C=O) groups excluding carboxylic acids is 1. The zero-order chi connectivity index (χ0) is 21.4. The third-order valence-electron chi connectivity index (χ3n) is 5.73. The Morgan fingerprint density at radius 3 is 1.79 bits per heavy atom. The second-order valence-corrected chi connectivity index (χ2v) is 8.58. The fraction of sp³-hybridized carbons (Fsp3) is 0.960. The number of unbranched alkanes of at least 4 members (excludes halogenated alkanes) is 13. The molecule has 0 aliphatic carbocycles. The summed E-state index contributed by atoms with van der Waals surface area (Å²) in [6.07, 6.45) is 23.2. The molecule has 174 valence electrons. The van der Waals surface area contributed by atoms with Crippen LogP contribution in [0.5, 0.6) is 0 Å². The Labute approximate surface area is 182 Å². The number of likely N-dealkylation sites (tertiary alicyclic amines) is 1. The monoisotopic (exact) mass is 413 g/mol. The summed E-state index contributed by atoms with van der Waals surface area (Å²) in [4.78, 5) is 22.5. The average Bonchev–Trinajstić information content (AvgIpc) is 3.14. The standard InChI is InChI=1S/C16H32O.C9H19NO2/c1-2-3-4-5-6-7-8-9-10-11-12-13-14-15-16-17;1-3-7-11-12-8-9-5-4-6-10(9)2/h16H,2-15H2,1H3;9H,3-8H2,1-2H3/t;9-/m.0/s1. The number of hydrogen-bond donors (Lipinski definition) is 0. The van der Waals surface area contributed by atoms with E-state index < -0.39 is 0 Å². The highest BCUT2D eigenvalue weighted by Crippen LogP contribution is 2.15. The van der Waals surface area contributed by atoms with E-state index in [1.807, 2.05) is 0 Å². The molecule has 29 heavy (non-hydrogen) atoms. The van der Waals surface area contributed by atoms with E-state index in [0.29, 0.717) is 12.6 Å². The van der Waals surface area contributed by atoms with Gasteiger partial charge in [-0.1, -0.05) is 90.9 Å². The normalized spacial score (nSPS) is 16.6. The van der Waals surface area contributed by atoms with Crippen LogP contribution in [-0.2, 0) is 14.6 Å². The van der Waals surface area contributed by atoms with Crippen molar-refractivity contribution in [1.29, 1.82) is 0 Å². The molecule has 0 bridgehead atoms. The van der Waals surface area contributed by atoms with Gasteiger partial charge in [-0.05, 0) is 39.3 Å². The molecular weight excluding hydrogens is 362 g/mol. The number of nitrogens with zero attached hydrogens (tertiary/aromatic N) is 1. The lowest BCUT2D eigenvalue weighted by atomic mass is 10.0. The zero-order valence-corrected chi connectivity index (χ0v) is 20.0. The van der Waals surface area contributed by atoms with Gasteiger partial charge in [0.15, 0.2) is 0 Å². The highest BCUT2D eigenvalue weighted by molar-refractivity contribution is 5.48. The summed E-state index contributed by atoms with van der Waals surface area (Å²) in [7, 11) is 2.14. The van der Waals surface area contributed by atoms with Crippen molar-refractivity contribution >= 4 is 6.29 Å². The van der Waals surface area contributed by atoms with Gasteiger partial charge in [-0.3, -0.25) is 0 Å². The van der Waals surface area contributed by atoms with Gasteiger partial charge in [0.2, 0.25) is 0 Å². The molecule has 1 atom stereocenters. The van der Waals surface area contributed by atoms with E-state index in [1.54, 1.807) is 0 Å². The Morgan fingerprint density at radius 1 is 0.793 bits per heavy atom. The summed E-state index contributed by atoms with van der Waals surface area (Å²) >= 11 is 0. The SMILES string of the molecule is CCCCCCCCCCCCCCCC=O.CCCOOC[C@@H]1CCCN1C. The van der Waals surface area contributed by atoms with Crippen LogP contribution in [0.15, 0.2) is 0 Å². The average molecular weight is 414 g/mol. The second kappa shape index (κ2) is 23.8. The number of aldehydes is 1. The first-order valence-electron chi connectivity index (χ1n) is 12.6. The van der Waals surface area contributed by atoms with E-state index in [4.69, 9.17) is 9.78 Å². The Morgan fingerprint density at radius 2 is 1.34 bits per heavy atom. The van der Waals surface area contributed by atoms with Crippen LogP contribution in [0.1, 0.15) is 123 Å². The number of likely N-dealkylation sites (N-methyl/N-ethyl adjacent to an activating group) is 1. The molecule has 0 saturated carbocycles. The first-order chi connectivity index (χ1) is 14.3. The van der Waals surface area contributed by atoms with Gasteiger partial charge in [0.25, 0.3) is 0 Å². The predicted octanol–water partition coefficient (Wildman–Crippen LogP) is 7.11. The maximum Gasteiger partial charge on any atom is 0.119 e. The maximum absolute atomic E-state index is 10.1. The smallest absolute Gasteiger partial charge is 0.119 e. The fourth-order valence-electron chi connectivity index (χ4n) is 3.70. The van der Waals surface area contributed by atoms with Crippen LogP contribution in [0, 0.1) is 0 Å². The van der Waals surface area contributed by atoms with Gasteiger partial charge in [-0.2, -0.15) is 0 Å². The molecule has 0 amide bonds. The first kappa shape index (κ1) is 28.5. The molecule has 0 N–H and O–H groups in total. The Hall–Kier alpha value is -0.450. The van der Waals surface area contributed by atoms with Gasteiger partial charge in [0, 0.05) is 12.5 Å². The lowest BCUT2D eigenvalue weighted by Crippen LogP contribution is -2.29. The minimum Gasteiger partial charge on any atom is -0.303 e. The third-order valence-corrected chi connectivity index (χ3v) is 5.73. The summed E-state index contributed by atoms with van der Waals surface area (Å²) in [5, 5.41) is 0.